The summed E-state index contributed by atoms with van der Waals surface area (Å²) < 4.78 is 9.19. The SMILES string of the molecule is COc1cc(=O)n2c(c1C(=O)NCCCn1ccnc1)CCN(Cc1cc(C)ccc1C)CC2. The zero-order chi connectivity index (χ0) is 24.1. The summed E-state index contributed by atoms with van der Waals surface area (Å²) in [4.78, 5) is 32.4. The number of methoxy groups -OCH3 is 1. The van der Waals surface area contributed by atoms with Crippen molar-refractivity contribution < 1.29 is 9.53 Å². The molecule has 1 amide bonds. The molecule has 0 atom stereocenters. The topological polar surface area (TPSA) is 81.4 Å². The lowest BCUT2D eigenvalue weighted by atomic mass is 10.0. The zero-order valence-electron chi connectivity index (χ0n) is 20.2. The number of carbonyl (C=O) groups is 1. The van der Waals surface area contributed by atoms with Gasteiger partial charge < -0.3 is 19.2 Å². The third-order valence-corrected chi connectivity index (χ3v) is 6.47. The van der Waals surface area contributed by atoms with E-state index in [0.717, 1.165) is 38.3 Å². The Hall–Kier alpha value is -3.39. The number of amides is 1. The van der Waals surface area contributed by atoms with Gasteiger partial charge in [-0.3, -0.25) is 14.5 Å². The van der Waals surface area contributed by atoms with Crippen LogP contribution in [0.4, 0.5) is 0 Å². The highest BCUT2D eigenvalue weighted by Gasteiger charge is 2.25. The summed E-state index contributed by atoms with van der Waals surface area (Å²) in [5.74, 6) is 0.139. The van der Waals surface area contributed by atoms with Gasteiger partial charge >= 0.3 is 0 Å². The number of hydrogen-bond acceptors (Lipinski definition) is 5. The standard InChI is InChI=1S/C26H33N5O3/c1-19-5-6-20(2)21(15-19)17-29-11-7-22-25(23(34-3)16-24(32)31(22)14-13-29)26(33)28-8-4-10-30-12-9-27-18-30/h5-6,9,12,15-16,18H,4,7-8,10-11,13-14,17H2,1-3H3,(H,28,33). The number of ether oxygens (including phenoxy) is 1. The molecule has 180 valence electrons. The largest absolute Gasteiger partial charge is 0.496 e. The first-order valence-corrected chi connectivity index (χ1v) is 11.8. The fourth-order valence-corrected chi connectivity index (χ4v) is 4.54. The summed E-state index contributed by atoms with van der Waals surface area (Å²) in [7, 11) is 1.51. The number of hydrogen-bond donors (Lipinski definition) is 1. The molecule has 1 aliphatic rings. The molecule has 0 saturated carbocycles. The Morgan fingerprint density at radius 2 is 2.03 bits per heavy atom. The van der Waals surface area contributed by atoms with Crippen molar-refractivity contribution in [2.24, 2.45) is 0 Å². The molecule has 0 saturated heterocycles. The lowest BCUT2D eigenvalue weighted by Crippen LogP contribution is -2.32. The first kappa shape index (κ1) is 23.8. The number of nitrogens with zero attached hydrogens (tertiary/aromatic N) is 4. The quantitative estimate of drug-likeness (QED) is 0.520. The normalized spacial score (nSPS) is 13.9. The lowest BCUT2D eigenvalue weighted by molar-refractivity contribution is 0.0947. The van der Waals surface area contributed by atoms with Gasteiger partial charge in [0.05, 0.1) is 13.4 Å². The van der Waals surface area contributed by atoms with Crippen LogP contribution in [0.3, 0.4) is 0 Å². The molecule has 3 heterocycles. The van der Waals surface area contributed by atoms with Crippen molar-refractivity contribution in [3.8, 4) is 5.75 Å². The third kappa shape index (κ3) is 5.39. The molecule has 0 bridgehead atoms. The fourth-order valence-electron chi connectivity index (χ4n) is 4.54. The van der Waals surface area contributed by atoms with E-state index in [9.17, 15) is 9.59 Å². The Morgan fingerprint density at radius 3 is 2.79 bits per heavy atom. The van der Waals surface area contributed by atoms with Gasteiger partial charge in [0.25, 0.3) is 11.5 Å². The molecule has 2 aromatic heterocycles. The van der Waals surface area contributed by atoms with Crippen LogP contribution < -0.4 is 15.6 Å². The predicted octanol–water partition coefficient (Wildman–Crippen LogP) is 2.55. The molecule has 1 aromatic carbocycles. The Morgan fingerprint density at radius 1 is 1.18 bits per heavy atom. The molecule has 0 aliphatic carbocycles. The van der Waals surface area contributed by atoms with Crippen LogP contribution in [0.5, 0.6) is 5.75 Å². The summed E-state index contributed by atoms with van der Waals surface area (Å²) in [5.41, 5.74) is 4.90. The van der Waals surface area contributed by atoms with Crippen molar-refractivity contribution in [3.05, 3.63) is 81.3 Å². The maximum atomic E-state index is 13.2. The first-order chi connectivity index (χ1) is 16.5. The lowest BCUT2D eigenvalue weighted by Gasteiger charge is -2.21. The highest BCUT2D eigenvalue weighted by Crippen LogP contribution is 2.23. The van der Waals surface area contributed by atoms with Crippen LogP contribution in [0.25, 0.3) is 0 Å². The van der Waals surface area contributed by atoms with Gasteiger partial charge in [0.2, 0.25) is 0 Å². The first-order valence-electron chi connectivity index (χ1n) is 11.8. The summed E-state index contributed by atoms with van der Waals surface area (Å²) in [6, 6.07) is 7.95. The average molecular weight is 464 g/mol. The van der Waals surface area contributed by atoms with Crippen molar-refractivity contribution >= 4 is 5.91 Å². The minimum atomic E-state index is -0.200. The molecule has 3 aromatic rings. The van der Waals surface area contributed by atoms with E-state index in [1.165, 1.54) is 29.9 Å². The van der Waals surface area contributed by atoms with E-state index in [-0.39, 0.29) is 11.5 Å². The molecular weight excluding hydrogens is 430 g/mol. The number of fused-ring (bicyclic) bond motifs is 1. The maximum absolute atomic E-state index is 13.2. The van der Waals surface area contributed by atoms with Crippen LogP contribution >= 0.6 is 0 Å². The Labute approximate surface area is 200 Å². The minimum absolute atomic E-state index is 0.128. The molecule has 0 radical (unpaired) electrons. The summed E-state index contributed by atoms with van der Waals surface area (Å²) in [6.07, 6.45) is 6.79. The number of pyridine rings is 1. The number of carbonyl (C=O) groups excluding carboxylic acids is 1. The second-order valence-electron chi connectivity index (χ2n) is 8.89. The average Bonchev–Trinajstić information content (AvgIpc) is 3.25. The van der Waals surface area contributed by atoms with E-state index in [1.54, 1.807) is 17.1 Å². The van der Waals surface area contributed by atoms with Crippen molar-refractivity contribution in [2.75, 3.05) is 26.7 Å². The molecule has 0 unspecified atom stereocenters. The van der Waals surface area contributed by atoms with Crippen LogP contribution in [0, 0.1) is 13.8 Å². The third-order valence-electron chi connectivity index (χ3n) is 6.47. The van der Waals surface area contributed by atoms with Crippen molar-refractivity contribution in [2.45, 2.75) is 46.3 Å². The van der Waals surface area contributed by atoms with Crippen LogP contribution in [-0.4, -0.2) is 51.7 Å². The van der Waals surface area contributed by atoms with E-state index >= 15 is 0 Å². The summed E-state index contributed by atoms with van der Waals surface area (Å²) >= 11 is 0. The van der Waals surface area contributed by atoms with Gasteiger partial charge in [-0.05, 0) is 31.4 Å². The minimum Gasteiger partial charge on any atom is -0.496 e. The van der Waals surface area contributed by atoms with Gasteiger partial charge in [-0.1, -0.05) is 23.8 Å². The number of rotatable bonds is 8. The van der Waals surface area contributed by atoms with E-state index < -0.39 is 0 Å². The van der Waals surface area contributed by atoms with Gasteiger partial charge in [0.1, 0.15) is 11.3 Å². The van der Waals surface area contributed by atoms with E-state index in [2.05, 4.69) is 47.2 Å². The molecule has 4 rings (SSSR count). The van der Waals surface area contributed by atoms with Gasteiger partial charge in [-0.2, -0.15) is 0 Å². The number of imidazole rings is 1. The van der Waals surface area contributed by atoms with Crippen LogP contribution in [0.2, 0.25) is 0 Å². The zero-order valence-corrected chi connectivity index (χ0v) is 20.2. The summed E-state index contributed by atoms with van der Waals surface area (Å²) in [5, 5.41) is 3.01. The highest BCUT2D eigenvalue weighted by atomic mass is 16.5. The summed E-state index contributed by atoms with van der Waals surface area (Å²) in [6.45, 7) is 8.42. The number of aryl methyl sites for hydroxylation is 3. The van der Waals surface area contributed by atoms with Crippen molar-refractivity contribution in [1.29, 1.82) is 0 Å². The van der Waals surface area contributed by atoms with Gasteiger partial charge in [-0.15, -0.1) is 0 Å². The van der Waals surface area contributed by atoms with E-state index in [0.29, 0.717) is 30.8 Å². The molecule has 1 N–H and O–H groups in total. The smallest absolute Gasteiger partial charge is 0.256 e. The molecule has 34 heavy (non-hydrogen) atoms. The Bertz CT molecular complexity index is 1200. The Kier molecular flexibility index (Phi) is 7.47. The number of nitrogens with one attached hydrogen (secondary N) is 1. The van der Waals surface area contributed by atoms with E-state index in [4.69, 9.17) is 4.74 Å². The molecular formula is C26H33N5O3. The molecule has 8 nitrogen and oxygen atoms in total. The second kappa shape index (κ2) is 10.7. The number of benzene rings is 1. The fraction of sp³-hybridized carbons (Fsp3) is 0.423. The van der Waals surface area contributed by atoms with Crippen LogP contribution in [0.15, 0.2) is 47.8 Å². The van der Waals surface area contributed by atoms with E-state index in [1.807, 2.05) is 10.8 Å². The highest BCUT2D eigenvalue weighted by molar-refractivity contribution is 5.98. The Balaban J connectivity index is 1.50. The second-order valence-corrected chi connectivity index (χ2v) is 8.89. The molecule has 8 heteroatoms. The molecule has 1 aliphatic heterocycles. The van der Waals surface area contributed by atoms with Gasteiger partial charge in [0, 0.05) is 69.8 Å². The molecule has 0 spiro atoms. The number of aromatic nitrogens is 3. The molecule has 0 fully saturated rings. The van der Waals surface area contributed by atoms with Crippen LogP contribution in [0.1, 0.15) is 39.2 Å². The predicted molar refractivity (Wildman–Crippen MR) is 131 cm³/mol. The van der Waals surface area contributed by atoms with Gasteiger partial charge in [-0.25, -0.2) is 4.98 Å². The van der Waals surface area contributed by atoms with Crippen molar-refractivity contribution in [3.63, 3.8) is 0 Å². The van der Waals surface area contributed by atoms with Crippen LogP contribution in [-0.2, 0) is 26.1 Å². The van der Waals surface area contributed by atoms with Gasteiger partial charge in [0.15, 0.2) is 0 Å². The van der Waals surface area contributed by atoms with Crippen molar-refractivity contribution in [1.82, 2.24) is 24.3 Å². The maximum Gasteiger partial charge on any atom is 0.256 e. The monoisotopic (exact) mass is 463 g/mol.